The molecule has 0 spiro atoms. The molecule has 0 aliphatic rings. The molecule has 26 heavy (non-hydrogen) atoms. The van der Waals surface area contributed by atoms with Crippen LogP contribution in [-0.4, -0.2) is 23.0 Å². The van der Waals surface area contributed by atoms with E-state index < -0.39 is 24.0 Å². The molecule has 1 heterocycles. The molecule has 2 aromatic rings. The minimum atomic E-state index is -2.94. The summed E-state index contributed by atoms with van der Waals surface area (Å²) in [5.74, 6) is -1.44. The molecule has 0 bridgehead atoms. The lowest BCUT2D eigenvalue weighted by atomic mass is 10.1. The molecule has 0 fully saturated rings. The molecular formula is C17H17F2N3O4. The highest BCUT2D eigenvalue weighted by Gasteiger charge is 2.16. The molecule has 1 aromatic heterocycles. The summed E-state index contributed by atoms with van der Waals surface area (Å²) >= 11 is 0. The van der Waals surface area contributed by atoms with Crippen LogP contribution in [0.4, 0.5) is 14.5 Å². The number of hydrogen-bond acceptors (Lipinski definition) is 4. The van der Waals surface area contributed by atoms with Crippen molar-refractivity contribution in [2.45, 2.75) is 27.0 Å². The van der Waals surface area contributed by atoms with E-state index in [0.717, 1.165) is 4.57 Å². The lowest BCUT2D eigenvalue weighted by molar-refractivity contribution is -0.116. The second-order valence-electron chi connectivity index (χ2n) is 5.55. The van der Waals surface area contributed by atoms with Crippen molar-refractivity contribution in [2.24, 2.45) is 5.73 Å². The van der Waals surface area contributed by atoms with Crippen LogP contribution < -0.4 is 21.3 Å². The molecule has 0 aliphatic heterocycles. The van der Waals surface area contributed by atoms with Crippen molar-refractivity contribution in [1.82, 2.24) is 4.57 Å². The Balaban J connectivity index is 2.17. The van der Waals surface area contributed by atoms with Crippen molar-refractivity contribution >= 4 is 17.5 Å². The van der Waals surface area contributed by atoms with Crippen molar-refractivity contribution in [3.8, 4) is 5.75 Å². The fourth-order valence-electron chi connectivity index (χ4n) is 2.49. The third-order valence-corrected chi connectivity index (χ3v) is 3.62. The number of hydrogen-bond donors (Lipinski definition) is 2. The van der Waals surface area contributed by atoms with E-state index >= 15 is 0 Å². The lowest BCUT2D eigenvalue weighted by Crippen LogP contribution is -2.35. The zero-order valence-electron chi connectivity index (χ0n) is 14.1. The molecule has 0 radical (unpaired) electrons. The number of halogens is 2. The summed E-state index contributed by atoms with van der Waals surface area (Å²) in [5.41, 5.74) is 5.67. The Kier molecular flexibility index (Phi) is 5.71. The minimum Gasteiger partial charge on any atom is -0.435 e. The average molecular weight is 365 g/mol. The number of alkyl halides is 2. The Bertz CT molecular complexity index is 892. The highest BCUT2D eigenvalue weighted by atomic mass is 19.3. The first-order valence-electron chi connectivity index (χ1n) is 7.54. The van der Waals surface area contributed by atoms with Gasteiger partial charge < -0.3 is 20.4 Å². The fourth-order valence-corrected chi connectivity index (χ4v) is 2.49. The second kappa shape index (κ2) is 7.77. The summed E-state index contributed by atoms with van der Waals surface area (Å²) in [7, 11) is 0. The summed E-state index contributed by atoms with van der Waals surface area (Å²) in [4.78, 5) is 36.0. The number of pyridine rings is 1. The van der Waals surface area contributed by atoms with Crippen LogP contribution in [0, 0.1) is 13.8 Å². The van der Waals surface area contributed by atoms with Gasteiger partial charge in [-0.05, 0) is 49.7 Å². The van der Waals surface area contributed by atoms with Crippen LogP contribution in [0.25, 0.3) is 0 Å². The SMILES string of the molecule is Cc1cc(C)n(CC(=O)Nc2ccc(OC(F)F)cc2)c(=O)c1C(N)=O. The van der Waals surface area contributed by atoms with Crippen LogP contribution in [0.3, 0.4) is 0 Å². The Morgan fingerprint density at radius 1 is 1.23 bits per heavy atom. The summed E-state index contributed by atoms with van der Waals surface area (Å²) in [6, 6.07) is 6.90. The van der Waals surface area contributed by atoms with Gasteiger partial charge in [0, 0.05) is 11.4 Å². The van der Waals surface area contributed by atoms with Gasteiger partial charge in [-0.2, -0.15) is 8.78 Å². The predicted molar refractivity (Wildman–Crippen MR) is 90.4 cm³/mol. The van der Waals surface area contributed by atoms with Gasteiger partial charge in [-0.25, -0.2) is 0 Å². The quantitative estimate of drug-likeness (QED) is 0.815. The van der Waals surface area contributed by atoms with Gasteiger partial charge in [0.15, 0.2) is 0 Å². The first kappa shape index (κ1) is 19.1. The zero-order chi connectivity index (χ0) is 19.4. The Labute approximate surface area is 147 Å². The molecule has 1 aromatic carbocycles. The number of amides is 2. The Morgan fingerprint density at radius 2 is 1.85 bits per heavy atom. The van der Waals surface area contributed by atoms with Crippen molar-refractivity contribution in [2.75, 3.05) is 5.32 Å². The average Bonchev–Trinajstić information content (AvgIpc) is 2.52. The number of rotatable bonds is 6. The number of primary amides is 1. The van der Waals surface area contributed by atoms with E-state index in [1.165, 1.54) is 24.3 Å². The maximum atomic E-state index is 12.4. The summed E-state index contributed by atoms with van der Waals surface area (Å²) in [6.07, 6.45) is 0. The monoisotopic (exact) mass is 365 g/mol. The lowest BCUT2D eigenvalue weighted by Gasteiger charge is -2.13. The molecule has 2 amide bonds. The number of aryl methyl sites for hydroxylation is 2. The number of aromatic nitrogens is 1. The molecule has 0 aliphatic carbocycles. The van der Waals surface area contributed by atoms with Crippen LogP contribution in [0.2, 0.25) is 0 Å². The molecular weight excluding hydrogens is 348 g/mol. The van der Waals surface area contributed by atoms with Gasteiger partial charge in [0.1, 0.15) is 17.9 Å². The normalized spacial score (nSPS) is 10.7. The topological polar surface area (TPSA) is 103 Å². The minimum absolute atomic E-state index is 0.0466. The van der Waals surface area contributed by atoms with Crippen molar-refractivity contribution in [3.63, 3.8) is 0 Å². The standard InChI is InChI=1S/C17H17F2N3O4/c1-9-7-10(2)22(16(25)14(9)15(20)24)8-13(23)21-11-3-5-12(6-4-11)26-17(18)19/h3-7,17H,8H2,1-2H3,(H2,20,24)(H,21,23). The van der Waals surface area contributed by atoms with Crippen LogP contribution in [0.15, 0.2) is 35.1 Å². The summed E-state index contributed by atoms with van der Waals surface area (Å²) in [5, 5.41) is 2.53. The van der Waals surface area contributed by atoms with Crippen LogP contribution >= 0.6 is 0 Å². The van der Waals surface area contributed by atoms with Crippen molar-refractivity contribution < 1.29 is 23.1 Å². The first-order valence-corrected chi connectivity index (χ1v) is 7.54. The van der Waals surface area contributed by atoms with Crippen LogP contribution in [-0.2, 0) is 11.3 Å². The third-order valence-electron chi connectivity index (χ3n) is 3.62. The van der Waals surface area contributed by atoms with Gasteiger partial charge >= 0.3 is 6.61 Å². The van der Waals surface area contributed by atoms with Crippen LogP contribution in [0.1, 0.15) is 21.6 Å². The van der Waals surface area contributed by atoms with E-state index in [1.807, 2.05) is 0 Å². The molecule has 0 saturated carbocycles. The maximum Gasteiger partial charge on any atom is 0.387 e. The van der Waals surface area contributed by atoms with Gasteiger partial charge in [0.05, 0.1) is 0 Å². The van der Waals surface area contributed by atoms with E-state index in [1.54, 1.807) is 19.9 Å². The van der Waals surface area contributed by atoms with E-state index in [0.29, 0.717) is 16.9 Å². The van der Waals surface area contributed by atoms with Gasteiger partial charge in [0.25, 0.3) is 11.5 Å². The number of carbonyl (C=O) groups is 2. The highest BCUT2D eigenvalue weighted by Crippen LogP contribution is 2.17. The van der Waals surface area contributed by atoms with E-state index in [4.69, 9.17) is 5.73 Å². The summed E-state index contributed by atoms with van der Waals surface area (Å²) < 4.78 is 29.6. The number of carbonyl (C=O) groups excluding carboxylic acids is 2. The largest absolute Gasteiger partial charge is 0.435 e. The van der Waals surface area contributed by atoms with Crippen molar-refractivity contribution in [1.29, 1.82) is 0 Å². The van der Waals surface area contributed by atoms with Crippen molar-refractivity contribution in [3.05, 3.63) is 57.5 Å². The predicted octanol–water partition coefficient (Wildman–Crippen LogP) is 1.80. The molecule has 0 saturated heterocycles. The van der Waals surface area contributed by atoms with Gasteiger partial charge in [0.2, 0.25) is 5.91 Å². The fraction of sp³-hybridized carbons (Fsp3) is 0.235. The van der Waals surface area contributed by atoms with Crippen LogP contribution in [0.5, 0.6) is 5.75 Å². The second-order valence-corrected chi connectivity index (χ2v) is 5.55. The van der Waals surface area contributed by atoms with E-state index in [9.17, 15) is 23.2 Å². The van der Waals surface area contributed by atoms with Gasteiger partial charge in [-0.15, -0.1) is 0 Å². The first-order chi connectivity index (χ1) is 12.2. The molecule has 3 N–H and O–H groups in total. The third kappa shape index (κ3) is 4.44. The van der Waals surface area contributed by atoms with Gasteiger partial charge in [-0.1, -0.05) is 0 Å². The number of benzene rings is 1. The summed E-state index contributed by atoms with van der Waals surface area (Å²) in [6.45, 7) is -0.0583. The van der Waals surface area contributed by atoms with E-state index in [-0.39, 0.29) is 17.9 Å². The molecule has 2 rings (SSSR count). The maximum absolute atomic E-state index is 12.4. The zero-order valence-corrected chi connectivity index (χ0v) is 14.1. The number of ether oxygens (including phenoxy) is 1. The molecule has 138 valence electrons. The van der Waals surface area contributed by atoms with Gasteiger partial charge in [-0.3, -0.25) is 14.4 Å². The molecule has 0 atom stereocenters. The number of anilines is 1. The smallest absolute Gasteiger partial charge is 0.387 e. The van der Waals surface area contributed by atoms with E-state index in [2.05, 4.69) is 10.1 Å². The Hall–Kier alpha value is -3.23. The molecule has 9 heteroatoms. The highest BCUT2D eigenvalue weighted by molar-refractivity contribution is 5.94. The number of nitrogens with two attached hydrogens (primary N) is 1. The molecule has 0 unspecified atom stereocenters. The Morgan fingerprint density at radius 3 is 2.38 bits per heavy atom. The molecule has 7 nitrogen and oxygen atoms in total. The number of nitrogens with one attached hydrogen (secondary N) is 1. The number of nitrogens with zero attached hydrogens (tertiary/aromatic N) is 1.